The van der Waals surface area contributed by atoms with E-state index >= 15 is 0 Å². The number of hydrogen-bond acceptors (Lipinski definition) is 0. The highest BCUT2D eigenvalue weighted by Gasteiger charge is 2.17. The van der Waals surface area contributed by atoms with E-state index in [0.717, 1.165) is 5.88 Å². The van der Waals surface area contributed by atoms with Gasteiger partial charge in [-0.15, -0.1) is 11.6 Å². The SMILES string of the molecule is CC(C)(CCl)[SiH2]c1ccccc1. The van der Waals surface area contributed by atoms with Crippen molar-refractivity contribution in [3.05, 3.63) is 30.3 Å². The summed E-state index contributed by atoms with van der Waals surface area (Å²) in [5.41, 5.74) is 0. The quantitative estimate of drug-likeness (QED) is 0.515. The third-order valence-electron chi connectivity index (χ3n) is 1.89. The van der Waals surface area contributed by atoms with Crippen LogP contribution in [0.1, 0.15) is 13.8 Å². The van der Waals surface area contributed by atoms with Crippen LogP contribution < -0.4 is 5.19 Å². The predicted octanol–water partition coefficient (Wildman–Crippen LogP) is 1.92. The van der Waals surface area contributed by atoms with Gasteiger partial charge in [-0.3, -0.25) is 0 Å². The summed E-state index contributed by atoms with van der Waals surface area (Å²) < 4.78 is 0. The fourth-order valence-corrected chi connectivity index (χ4v) is 3.19. The van der Waals surface area contributed by atoms with E-state index in [1.54, 1.807) is 0 Å². The zero-order valence-corrected chi connectivity index (χ0v) is 9.85. The minimum Gasteiger partial charge on any atom is -0.126 e. The van der Waals surface area contributed by atoms with Crippen molar-refractivity contribution in [3.8, 4) is 0 Å². The molecule has 0 amide bonds. The third-order valence-corrected chi connectivity index (χ3v) is 5.01. The van der Waals surface area contributed by atoms with Gasteiger partial charge < -0.3 is 0 Å². The van der Waals surface area contributed by atoms with E-state index in [0.29, 0.717) is 5.04 Å². The smallest absolute Gasteiger partial charge is 0.0616 e. The maximum Gasteiger partial charge on any atom is 0.0616 e. The van der Waals surface area contributed by atoms with Gasteiger partial charge in [-0.2, -0.15) is 0 Å². The largest absolute Gasteiger partial charge is 0.126 e. The van der Waals surface area contributed by atoms with Crippen molar-refractivity contribution in [2.45, 2.75) is 18.9 Å². The fourth-order valence-electron chi connectivity index (χ4n) is 1.20. The molecule has 0 aliphatic rings. The lowest BCUT2D eigenvalue weighted by Crippen LogP contribution is -2.26. The van der Waals surface area contributed by atoms with Crippen LogP contribution in [0.25, 0.3) is 0 Å². The molecule has 0 N–H and O–H groups in total. The molecule has 66 valence electrons. The molecule has 0 atom stereocenters. The first-order chi connectivity index (χ1) is 5.64. The molecule has 1 aromatic rings. The topological polar surface area (TPSA) is 0 Å². The Morgan fingerprint density at radius 1 is 1.25 bits per heavy atom. The summed E-state index contributed by atoms with van der Waals surface area (Å²) in [5.74, 6) is 0.772. The summed E-state index contributed by atoms with van der Waals surface area (Å²) in [4.78, 5) is 0. The Hall–Kier alpha value is -0.273. The van der Waals surface area contributed by atoms with Gasteiger partial charge in [-0.25, -0.2) is 0 Å². The third kappa shape index (κ3) is 3.00. The van der Waals surface area contributed by atoms with Crippen LogP contribution in [0.2, 0.25) is 5.04 Å². The number of benzene rings is 1. The molecule has 0 spiro atoms. The van der Waals surface area contributed by atoms with Gasteiger partial charge >= 0.3 is 0 Å². The van der Waals surface area contributed by atoms with Gasteiger partial charge in [-0.1, -0.05) is 49.4 Å². The lowest BCUT2D eigenvalue weighted by molar-refractivity contribution is 0.767. The summed E-state index contributed by atoms with van der Waals surface area (Å²) in [6.07, 6.45) is 0. The maximum atomic E-state index is 5.88. The monoisotopic (exact) mass is 198 g/mol. The Balaban J connectivity index is 2.64. The Kier molecular flexibility index (Phi) is 3.36. The van der Waals surface area contributed by atoms with Crippen molar-refractivity contribution >= 4 is 26.3 Å². The Bertz CT molecular complexity index is 231. The molecule has 0 aromatic heterocycles. The van der Waals surface area contributed by atoms with Gasteiger partial charge in [0.1, 0.15) is 0 Å². The van der Waals surface area contributed by atoms with Gasteiger partial charge in [-0.05, 0) is 5.04 Å². The van der Waals surface area contributed by atoms with E-state index in [1.807, 2.05) is 0 Å². The first kappa shape index (κ1) is 9.81. The second kappa shape index (κ2) is 4.10. The molecule has 12 heavy (non-hydrogen) atoms. The molecule has 0 aliphatic heterocycles. The minimum absolute atomic E-state index is 0.215. The van der Waals surface area contributed by atoms with Gasteiger partial charge in [0.2, 0.25) is 0 Å². The van der Waals surface area contributed by atoms with E-state index in [4.69, 9.17) is 11.6 Å². The van der Waals surface area contributed by atoms with Gasteiger partial charge in [0.05, 0.1) is 9.52 Å². The van der Waals surface area contributed by atoms with E-state index in [9.17, 15) is 0 Å². The fraction of sp³-hybridized carbons (Fsp3) is 0.400. The normalized spacial score (nSPS) is 12.6. The van der Waals surface area contributed by atoms with Crippen LogP contribution in [0.3, 0.4) is 0 Å². The summed E-state index contributed by atoms with van der Waals surface area (Å²) in [5, 5.41) is 1.85. The molecule has 0 aliphatic carbocycles. The maximum absolute atomic E-state index is 5.88. The predicted molar refractivity (Wildman–Crippen MR) is 59.4 cm³/mol. The summed E-state index contributed by atoms with van der Waals surface area (Å²) in [6, 6.07) is 10.7. The highest BCUT2D eigenvalue weighted by molar-refractivity contribution is 6.57. The first-order valence-electron chi connectivity index (χ1n) is 4.24. The Labute approximate surface area is 81.8 Å². The molecule has 0 nitrogen and oxygen atoms in total. The van der Waals surface area contributed by atoms with Crippen molar-refractivity contribution in [1.29, 1.82) is 0 Å². The van der Waals surface area contributed by atoms with Gasteiger partial charge in [0.25, 0.3) is 0 Å². The van der Waals surface area contributed by atoms with E-state index < -0.39 is 0 Å². The molecule has 0 heterocycles. The average Bonchev–Trinajstić information content (AvgIpc) is 2.06. The van der Waals surface area contributed by atoms with E-state index in [2.05, 4.69) is 44.2 Å². The number of rotatable bonds is 3. The summed E-state index contributed by atoms with van der Waals surface area (Å²) in [6.45, 7) is 4.50. The van der Waals surface area contributed by atoms with E-state index in [1.165, 1.54) is 5.19 Å². The van der Waals surface area contributed by atoms with Crippen molar-refractivity contribution in [2.24, 2.45) is 0 Å². The minimum atomic E-state index is -0.215. The molecule has 0 radical (unpaired) electrons. The molecule has 1 aromatic carbocycles. The molecule has 0 saturated carbocycles. The molecule has 1 rings (SSSR count). The van der Waals surface area contributed by atoms with Crippen molar-refractivity contribution < 1.29 is 0 Å². The van der Waals surface area contributed by atoms with Crippen LogP contribution in [0, 0.1) is 0 Å². The Morgan fingerprint density at radius 2 is 1.83 bits per heavy atom. The van der Waals surface area contributed by atoms with Crippen LogP contribution >= 0.6 is 11.6 Å². The molecule has 0 unspecified atom stereocenters. The molecule has 2 heteroatoms. The zero-order valence-electron chi connectivity index (χ0n) is 7.68. The zero-order chi connectivity index (χ0) is 9.03. The number of alkyl halides is 1. The second-order valence-electron chi connectivity index (χ2n) is 3.96. The number of hydrogen-bond donors (Lipinski definition) is 0. The Morgan fingerprint density at radius 3 is 2.33 bits per heavy atom. The molecule has 0 saturated heterocycles. The average molecular weight is 199 g/mol. The van der Waals surface area contributed by atoms with Crippen LogP contribution in [0.15, 0.2) is 30.3 Å². The van der Waals surface area contributed by atoms with Crippen LogP contribution in [-0.4, -0.2) is 15.4 Å². The lowest BCUT2D eigenvalue weighted by atomic mass is 10.2. The summed E-state index contributed by atoms with van der Waals surface area (Å²) >= 11 is 5.88. The second-order valence-corrected chi connectivity index (χ2v) is 7.31. The van der Waals surface area contributed by atoms with Crippen LogP contribution in [0.4, 0.5) is 0 Å². The molecular formula is C10H15ClSi. The molecule has 0 fully saturated rings. The highest BCUT2D eigenvalue weighted by Crippen LogP contribution is 2.23. The summed E-state index contributed by atoms with van der Waals surface area (Å²) in [7, 11) is -0.215. The van der Waals surface area contributed by atoms with Gasteiger partial charge in [0.15, 0.2) is 0 Å². The van der Waals surface area contributed by atoms with Crippen LogP contribution in [0.5, 0.6) is 0 Å². The highest BCUT2D eigenvalue weighted by atomic mass is 35.5. The van der Waals surface area contributed by atoms with Crippen molar-refractivity contribution in [2.75, 3.05) is 5.88 Å². The van der Waals surface area contributed by atoms with Crippen molar-refractivity contribution in [3.63, 3.8) is 0 Å². The molecule has 0 bridgehead atoms. The molecular weight excluding hydrogens is 184 g/mol. The lowest BCUT2D eigenvalue weighted by Gasteiger charge is -2.20. The number of halogens is 1. The van der Waals surface area contributed by atoms with Crippen LogP contribution in [-0.2, 0) is 0 Å². The standard InChI is InChI=1S/C10H15ClSi/c1-10(2,8-11)12-9-6-4-3-5-7-9/h3-7H,8,12H2,1-2H3. The van der Waals surface area contributed by atoms with Gasteiger partial charge in [0, 0.05) is 5.88 Å². The van der Waals surface area contributed by atoms with Crippen molar-refractivity contribution in [1.82, 2.24) is 0 Å². The first-order valence-corrected chi connectivity index (χ1v) is 6.19. The van der Waals surface area contributed by atoms with E-state index in [-0.39, 0.29) is 9.52 Å².